The Bertz CT molecular complexity index is 433. The summed E-state index contributed by atoms with van der Waals surface area (Å²) in [7, 11) is 4.98. The van der Waals surface area contributed by atoms with Crippen molar-refractivity contribution < 1.29 is 19.4 Å². The van der Waals surface area contributed by atoms with Crippen molar-refractivity contribution in [2.24, 2.45) is 0 Å². The molecule has 5 heteroatoms. The van der Waals surface area contributed by atoms with Gasteiger partial charge in [-0.2, -0.15) is 0 Å². The van der Waals surface area contributed by atoms with Crippen molar-refractivity contribution in [3.8, 4) is 11.5 Å². The van der Waals surface area contributed by atoms with Crippen molar-refractivity contribution in [1.82, 2.24) is 4.90 Å². The van der Waals surface area contributed by atoms with E-state index < -0.39 is 12.0 Å². The molecule has 0 saturated carbocycles. The van der Waals surface area contributed by atoms with Gasteiger partial charge in [0.15, 0.2) is 0 Å². The second-order valence-corrected chi connectivity index (χ2v) is 4.36. The van der Waals surface area contributed by atoms with Crippen LogP contribution in [0.4, 0.5) is 0 Å². The van der Waals surface area contributed by atoms with Gasteiger partial charge in [-0.3, -0.25) is 9.69 Å². The molecule has 0 amide bonds. The standard InChI is InChI=1S/C14H21NO4/c1-5-12(14(16)17)15(2)9-10-6-7-11(18-3)8-13(10)19-4/h6-8,12H,5,9H2,1-4H3,(H,16,17). The third kappa shape index (κ3) is 3.86. The van der Waals surface area contributed by atoms with E-state index in [1.54, 1.807) is 32.2 Å². The van der Waals surface area contributed by atoms with Gasteiger partial charge in [-0.25, -0.2) is 0 Å². The van der Waals surface area contributed by atoms with Crippen LogP contribution in [0.25, 0.3) is 0 Å². The molecule has 1 aromatic rings. The molecule has 1 aromatic carbocycles. The van der Waals surface area contributed by atoms with Crippen LogP contribution in [0.5, 0.6) is 11.5 Å². The summed E-state index contributed by atoms with van der Waals surface area (Å²) in [6.07, 6.45) is 0.560. The zero-order chi connectivity index (χ0) is 14.4. The average molecular weight is 267 g/mol. The van der Waals surface area contributed by atoms with Crippen LogP contribution in [-0.4, -0.2) is 43.3 Å². The van der Waals surface area contributed by atoms with Crippen molar-refractivity contribution >= 4 is 5.97 Å². The van der Waals surface area contributed by atoms with Gasteiger partial charge in [0.05, 0.1) is 14.2 Å². The molecule has 0 saturated heterocycles. The van der Waals surface area contributed by atoms with E-state index in [9.17, 15) is 4.79 Å². The van der Waals surface area contributed by atoms with Crippen LogP contribution in [0.15, 0.2) is 18.2 Å². The lowest BCUT2D eigenvalue weighted by molar-refractivity contribution is -0.143. The van der Waals surface area contributed by atoms with Crippen LogP contribution in [0.1, 0.15) is 18.9 Å². The lowest BCUT2D eigenvalue weighted by Crippen LogP contribution is -2.37. The molecule has 0 radical (unpaired) electrons. The van der Waals surface area contributed by atoms with E-state index in [1.165, 1.54) is 0 Å². The molecule has 0 aliphatic rings. The number of carbonyl (C=O) groups is 1. The highest BCUT2D eigenvalue weighted by molar-refractivity contribution is 5.73. The Kier molecular flexibility index (Phi) is 5.63. The minimum absolute atomic E-state index is 0.494. The number of methoxy groups -OCH3 is 2. The van der Waals surface area contributed by atoms with Crippen LogP contribution in [0, 0.1) is 0 Å². The molecular weight excluding hydrogens is 246 g/mol. The van der Waals surface area contributed by atoms with Crippen LogP contribution >= 0.6 is 0 Å². The molecule has 1 rings (SSSR count). The molecule has 0 aliphatic carbocycles. The molecule has 0 spiro atoms. The van der Waals surface area contributed by atoms with Gasteiger partial charge in [-0.1, -0.05) is 13.0 Å². The second-order valence-electron chi connectivity index (χ2n) is 4.36. The van der Waals surface area contributed by atoms with Gasteiger partial charge >= 0.3 is 5.97 Å². The van der Waals surface area contributed by atoms with Crippen LogP contribution in [-0.2, 0) is 11.3 Å². The normalized spacial score (nSPS) is 12.3. The lowest BCUT2D eigenvalue weighted by Gasteiger charge is -2.24. The summed E-state index contributed by atoms with van der Waals surface area (Å²) >= 11 is 0. The molecule has 1 N–H and O–H groups in total. The van der Waals surface area contributed by atoms with E-state index in [4.69, 9.17) is 14.6 Å². The third-order valence-corrected chi connectivity index (χ3v) is 3.12. The fraction of sp³-hybridized carbons (Fsp3) is 0.500. The molecule has 0 fully saturated rings. The first-order valence-electron chi connectivity index (χ1n) is 6.17. The predicted octanol–water partition coefficient (Wildman–Crippen LogP) is 2.00. The van der Waals surface area contributed by atoms with Gasteiger partial charge in [0.2, 0.25) is 0 Å². The lowest BCUT2D eigenvalue weighted by atomic mass is 10.1. The highest BCUT2D eigenvalue weighted by Crippen LogP contribution is 2.26. The number of aliphatic carboxylic acids is 1. The smallest absolute Gasteiger partial charge is 0.320 e. The summed E-state index contributed by atoms with van der Waals surface area (Å²) in [4.78, 5) is 12.9. The zero-order valence-electron chi connectivity index (χ0n) is 11.8. The number of benzene rings is 1. The van der Waals surface area contributed by atoms with Crippen molar-refractivity contribution in [3.63, 3.8) is 0 Å². The Morgan fingerprint density at radius 3 is 2.53 bits per heavy atom. The number of nitrogens with zero attached hydrogens (tertiary/aromatic N) is 1. The Hall–Kier alpha value is -1.75. The number of ether oxygens (including phenoxy) is 2. The quantitative estimate of drug-likeness (QED) is 0.818. The Labute approximate surface area is 113 Å². The zero-order valence-corrected chi connectivity index (χ0v) is 11.8. The van der Waals surface area contributed by atoms with Gasteiger partial charge < -0.3 is 14.6 Å². The highest BCUT2D eigenvalue weighted by Gasteiger charge is 2.21. The second kappa shape index (κ2) is 6.99. The first-order chi connectivity index (χ1) is 9.03. The minimum atomic E-state index is -0.808. The molecule has 5 nitrogen and oxygen atoms in total. The fourth-order valence-electron chi connectivity index (χ4n) is 2.04. The van der Waals surface area contributed by atoms with E-state index in [0.29, 0.717) is 24.5 Å². The van der Waals surface area contributed by atoms with E-state index in [0.717, 1.165) is 5.56 Å². The van der Waals surface area contributed by atoms with E-state index in [2.05, 4.69) is 0 Å². The van der Waals surface area contributed by atoms with Crippen molar-refractivity contribution in [2.45, 2.75) is 25.9 Å². The number of carboxylic acids is 1. The summed E-state index contributed by atoms with van der Waals surface area (Å²) in [5.74, 6) is 0.609. The first kappa shape index (κ1) is 15.3. The molecular formula is C14H21NO4. The van der Waals surface area contributed by atoms with Gasteiger partial charge in [0, 0.05) is 18.2 Å². The van der Waals surface area contributed by atoms with E-state index >= 15 is 0 Å². The van der Waals surface area contributed by atoms with E-state index in [-0.39, 0.29) is 0 Å². The summed E-state index contributed by atoms with van der Waals surface area (Å²) in [5.41, 5.74) is 0.936. The maximum absolute atomic E-state index is 11.1. The Balaban J connectivity index is 2.89. The molecule has 0 heterocycles. The third-order valence-electron chi connectivity index (χ3n) is 3.12. The topological polar surface area (TPSA) is 59.0 Å². The summed E-state index contributed by atoms with van der Waals surface area (Å²) in [6, 6.07) is 5.04. The largest absolute Gasteiger partial charge is 0.497 e. The van der Waals surface area contributed by atoms with Crippen LogP contribution in [0.2, 0.25) is 0 Å². The van der Waals surface area contributed by atoms with Crippen molar-refractivity contribution in [2.75, 3.05) is 21.3 Å². The molecule has 0 bridgehead atoms. The van der Waals surface area contributed by atoms with E-state index in [1.807, 2.05) is 19.1 Å². The maximum Gasteiger partial charge on any atom is 0.320 e. The van der Waals surface area contributed by atoms with Crippen LogP contribution in [0.3, 0.4) is 0 Å². The first-order valence-corrected chi connectivity index (χ1v) is 6.17. The number of rotatable bonds is 7. The van der Waals surface area contributed by atoms with Crippen molar-refractivity contribution in [1.29, 1.82) is 0 Å². The average Bonchev–Trinajstić information content (AvgIpc) is 2.39. The van der Waals surface area contributed by atoms with Crippen molar-refractivity contribution in [3.05, 3.63) is 23.8 Å². The predicted molar refractivity (Wildman–Crippen MR) is 72.7 cm³/mol. The molecule has 106 valence electrons. The minimum Gasteiger partial charge on any atom is -0.497 e. The highest BCUT2D eigenvalue weighted by atomic mass is 16.5. The summed E-state index contributed by atoms with van der Waals surface area (Å²) < 4.78 is 10.4. The number of likely N-dealkylation sites (N-methyl/N-ethyl adjacent to an activating group) is 1. The summed E-state index contributed by atoms with van der Waals surface area (Å²) in [6.45, 7) is 2.37. The Morgan fingerprint density at radius 2 is 2.05 bits per heavy atom. The van der Waals surface area contributed by atoms with Gasteiger partial charge in [0.1, 0.15) is 17.5 Å². The number of hydrogen-bond acceptors (Lipinski definition) is 4. The molecule has 1 unspecified atom stereocenters. The monoisotopic (exact) mass is 267 g/mol. The Morgan fingerprint density at radius 1 is 1.37 bits per heavy atom. The molecule has 0 aliphatic heterocycles. The molecule has 0 aromatic heterocycles. The summed E-state index contributed by atoms with van der Waals surface area (Å²) in [5, 5.41) is 9.14. The fourth-order valence-corrected chi connectivity index (χ4v) is 2.04. The maximum atomic E-state index is 11.1. The molecule has 1 atom stereocenters. The van der Waals surface area contributed by atoms with Crippen LogP contribution < -0.4 is 9.47 Å². The SMILES string of the molecule is CCC(C(=O)O)N(C)Cc1ccc(OC)cc1OC. The van der Waals surface area contributed by atoms with Gasteiger partial charge in [-0.05, 0) is 19.5 Å². The number of hydrogen-bond donors (Lipinski definition) is 1. The van der Waals surface area contributed by atoms with Gasteiger partial charge in [-0.15, -0.1) is 0 Å². The number of carboxylic acid groups (broad SMARTS) is 1. The molecule has 19 heavy (non-hydrogen) atoms. The van der Waals surface area contributed by atoms with Gasteiger partial charge in [0.25, 0.3) is 0 Å².